The number of para-hydroxylation sites is 4. The van der Waals surface area contributed by atoms with Crippen molar-refractivity contribution in [3.05, 3.63) is 267 Å². The number of benzene rings is 10. The number of rotatable bonds is 7. The van der Waals surface area contributed by atoms with Gasteiger partial charge in [-0.2, -0.15) is 0 Å². The second-order valence-corrected chi connectivity index (χ2v) is 24.3. The summed E-state index contributed by atoms with van der Waals surface area (Å²) >= 11 is 0. The maximum Gasteiger partial charge on any atom is 0.184 e. The van der Waals surface area contributed by atoms with Crippen molar-refractivity contribution in [3.8, 4) is 11.1 Å². The van der Waals surface area contributed by atoms with Crippen LogP contribution in [-0.2, 0) is 0 Å². The highest BCUT2D eigenvalue weighted by Crippen LogP contribution is 2.41. The van der Waals surface area contributed by atoms with Gasteiger partial charge in [0.05, 0.1) is 0 Å². The first kappa shape index (κ1) is 38.0. The van der Waals surface area contributed by atoms with E-state index in [1.807, 2.05) is 0 Å². The standard InChI is InChI=1S/C60H44N2Si2/c1-5-21-49(22-6-1)63(50-23-7-2-8-24-50)57-33-17-13-29-53(57)61(54-30-14-18-34-58(54)63)47-41-37-45(38-42-47)46-39-43-48(44-40-46)62-55-31-15-19-35-59(55)64(51-25-9-3-10-26-51,52-27-11-4-12-28-52)60-36-20-16-32-56(60)62/h1-44H. The number of nitrogens with zero attached hydrogens (tertiary/aromatic N) is 2. The van der Waals surface area contributed by atoms with Crippen LogP contribution in [-0.4, -0.2) is 16.1 Å². The summed E-state index contributed by atoms with van der Waals surface area (Å²) in [5.41, 5.74) is 9.64. The molecular weight excluding hydrogens is 805 g/mol. The summed E-state index contributed by atoms with van der Waals surface area (Å²) in [6.45, 7) is 0. The van der Waals surface area contributed by atoms with Gasteiger partial charge in [-0.05, 0) is 101 Å². The van der Waals surface area contributed by atoms with Gasteiger partial charge in [-0.1, -0.05) is 218 Å². The lowest BCUT2D eigenvalue weighted by Gasteiger charge is -2.45. The second kappa shape index (κ2) is 15.5. The van der Waals surface area contributed by atoms with Crippen LogP contribution < -0.4 is 51.3 Å². The molecule has 0 N–H and O–H groups in total. The maximum absolute atomic E-state index is 2.66. The van der Waals surface area contributed by atoms with Crippen LogP contribution in [0.1, 0.15) is 0 Å². The lowest BCUT2D eigenvalue weighted by Crippen LogP contribution is -2.77. The van der Waals surface area contributed by atoms with Gasteiger partial charge in [-0.25, -0.2) is 0 Å². The summed E-state index contributed by atoms with van der Waals surface area (Å²) in [5.74, 6) is 0. The summed E-state index contributed by atoms with van der Waals surface area (Å²) in [4.78, 5) is 4.96. The number of anilines is 6. The van der Waals surface area contributed by atoms with Crippen molar-refractivity contribution in [3.63, 3.8) is 0 Å². The molecule has 0 radical (unpaired) electrons. The number of fused-ring (bicyclic) bond motifs is 4. The molecular formula is C60H44N2Si2. The first-order chi connectivity index (χ1) is 31.8. The molecule has 302 valence electrons. The predicted octanol–water partition coefficient (Wildman–Crippen LogP) is 9.67. The number of hydrogen-bond acceptors (Lipinski definition) is 2. The third-order valence-corrected chi connectivity index (χ3v) is 23.3. The van der Waals surface area contributed by atoms with Gasteiger partial charge in [-0.15, -0.1) is 0 Å². The fourth-order valence-corrected chi connectivity index (χ4v) is 21.2. The van der Waals surface area contributed by atoms with Crippen LogP contribution >= 0.6 is 0 Å². The summed E-state index contributed by atoms with van der Waals surface area (Å²) in [7, 11) is -5.33. The highest BCUT2D eigenvalue weighted by atomic mass is 28.3. The van der Waals surface area contributed by atoms with Gasteiger partial charge in [0.25, 0.3) is 0 Å². The molecule has 0 amide bonds. The molecule has 0 saturated carbocycles. The highest BCUT2D eigenvalue weighted by molar-refractivity contribution is 7.22. The monoisotopic (exact) mass is 848 g/mol. The molecule has 0 bridgehead atoms. The van der Waals surface area contributed by atoms with E-state index in [1.54, 1.807) is 0 Å². The summed E-state index contributed by atoms with van der Waals surface area (Å²) in [6, 6.07) is 99.6. The van der Waals surface area contributed by atoms with Gasteiger partial charge in [0.15, 0.2) is 16.1 Å². The first-order valence-electron chi connectivity index (χ1n) is 22.2. The maximum atomic E-state index is 2.48. The Balaban J connectivity index is 0.934. The van der Waals surface area contributed by atoms with Crippen molar-refractivity contribution >= 4 is 91.8 Å². The number of hydrogen-bond donors (Lipinski definition) is 0. The fraction of sp³-hybridized carbons (Fsp3) is 0. The van der Waals surface area contributed by atoms with Crippen LogP contribution in [0.2, 0.25) is 0 Å². The van der Waals surface area contributed by atoms with E-state index in [0.717, 1.165) is 11.4 Å². The zero-order valence-electron chi connectivity index (χ0n) is 35.3. The lowest BCUT2D eigenvalue weighted by atomic mass is 10.0. The van der Waals surface area contributed by atoms with Gasteiger partial charge >= 0.3 is 0 Å². The Kier molecular flexibility index (Phi) is 9.22. The zero-order chi connectivity index (χ0) is 42.5. The molecule has 0 fully saturated rings. The SMILES string of the molecule is c1ccc([Si]2(c3ccccc3)c3ccccc3N(c3ccc(-c4ccc(N5c6ccccc6[Si](c6ccccc6)(c6ccccc6)c6ccccc65)cc4)cc3)c3ccccc32)cc1. The zero-order valence-corrected chi connectivity index (χ0v) is 37.3. The summed E-state index contributed by atoms with van der Waals surface area (Å²) < 4.78 is 0. The molecule has 2 heterocycles. The van der Waals surface area contributed by atoms with Crippen LogP contribution in [0.5, 0.6) is 0 Å². The average Bonchev–Trinajstić information content (AvgIpc) is 3.38. The minimum Gasteiger partial charge on any atom is -0.311 e. The molecule has 0 aliphatic carbocycles. The molecule has 64 heavy (non-hydrogen) atoms. The topological polar surface area (TPSA) is 6.48 Å². The smallest absolute Gasteiger partial charge is 0.184 e. The second-order valence-electron chi connectivity index (χ2n) is 16.8. The van der Waals surface area contributed by atoms with E-state index >= 15 is 0 Å². The molecule has 2 nitrogen and oxygen atoms in total. The molecule has 2 aliphatic heterocycles. The molecule has 0 atom stereocenters. The van der Waals surface area contributed by atoms with Gasteiger partial charge in [0.2, 0.25) is 0 Å². The molecule has 0 aromatic heterocycles. The summed E-state index contributed by atoms with van der Waals surface area (Å²) in [5, 5.41) is 11.2. The van der Waals surface area contributed by atoms with Gasteiger partial charge in [0.1, 0.15) is 0 Å². The van der Waals surface area contributed by atoms with Crippen molar-refractivity contribution in [2.45, 2.75) is 0 Å². The van der Waals surface area contributed by atoms with Gasteiger partial charge < -0.3 is 9.80 Å². The third-order valence-electron chi connectivity index (χ3n) is 13.6. The Morgan fingerprint density at radius 1 is 0.203 bits per heavy atom. The minimum absolute atomic E-state index is 1.15. The Morgan fingerprint density at radius 3 is 0.672 bits per heavy atom. The predicted molar refractivity (Wildman–Crippen MR) is 276 cm³/mol. The van der Waals surface area contributed by atoms with E-state index in [-0.39, 0.29) is 0 Å². The van der Waals surface area contributed by atoms with Crippen molar-refractivity contribution in [1.29, 1.82) is 0 Å². The van der Waals surface area contributed by atoms with E-state index < -0.39 is 16.1 Å². The van der Waals surface area contributed by atoms with E-state index in [4.69, 9.17) is 0 Å². The Labute approximate surface area is 377 Å². The average molecular weight is 849 g/mol. The Morgan fingerprint density at radius 2 is 0.422 bits per heavy atom. The normalized spacial score (nSPS) is 14.1. The van der Waals surface area contributed by atoms with Crippen molar-refractivity contribution in [1.82, 2.24) is 0 Å². The van der Waals surface area contributed by atoms with Crippen LogP contribution in [0.3, 0.4) is 0 Å². The minimum atomic E-state index is -2.66. The third kappa shape index (κ3) is 5.70. The molecule has 4 heteroatoms. The van der Waals surface area contributed by atoms with E-state index in [9.17, 15) is 0 Å². The largest absolute Gasteiger partial charge is 0.311 e. The van der Waals surface area contributed by atoms with Crippen molar-refractivity contribution in [2.75, 3.05) is 9.80 Å². The van der Waals surface area contributed by atoms with Crippen LogP contribution in [0.4, 0.5) is 34.1 Å². The molecule has 10 aromatic rings. The first-order valence-corrected chi connectivity index (χ1v) is 26.2. The van der Waals surface area contributed by atoms with Crippen molar-refractivity contribution < 1.29 is 0 Å². The Hall–Kier alpha value is -7.77. The molecule has 12 rings (SSSR count). The van der Waals surface area contributed by atoms with Crippen LogP contribution in [0.15, 0.2) is 267 Å². The quantitative estimate of drug-likeness (QED) is 0.148. The highest BCUT2D eigenvalue weighted by Gasteiger charge is 2.50. The van der Waals surface area contributed by atoms with E-state index in [2.05, 4.69) is 277 Å². The lowest BCUT2D eigenvalue weighted by molar-refractivity contribution is 1.28. The molecule has 0 unspecified atom stereocenters. The van der Waals surface area contributed by atoms with E-state index in [1.165, 1.54) is 75.4 Å². The molecule has 2 aliphatic rings. The molecule has 0 spiro atoms. The molecule has 10 aromatic carbocycles. The van der Waals surface area contributed by atoms with Gasteiger partial charge in [-0.3, -0.25) is 0 Å². The van der Waals surface area contributed by atoms with Crippen molar-refractivity contribution in [2.24, 2.45) is 0 Å². The summed E-state index contributed by atoms with van der Waals surface area (Å²) in [6.07, 6.45) is 0. The van der Waals surface area contributed by atoms with Crippen LogP contribution in [0.25, 0.3) is 11.1 Å². The van der Waals surface area contributed by atoms with Gasteiger partial charge in [0, 0.05) is 34.1 Å². The Bertz CT molecular complexity index is 2860. The fourth-order valence-electron chi connectivity index (χ4n) is 11.0. The molecule has 0 saturated heterocycles. The van der Waals surface area contributed by atoms with Crippen LogP contribution in [0, 0.1) is 0 Å². The van der Waals surface area contributed by atoms with E-state index in [0.29, 0.717) is 0 Å².